The van der Waals surface area contributed by atoms with E-state index in [2.05, 4.69) is 5.09 Å². The van der Waals surface area contributed by atoms with Gasteiger partial charge in [0.2, 0.25) is 0 Å². The molecular formula is C9H13NO2PRb. The van der Waals surface area contributed by atoms with Crippen LogP contribution in [0.1, 0.15) is 5.56 Å². The molecular weight excluding hydrogens is 271 g/mol. The predicted molar refractivity (Wildman–Crippen MR) is 54.4 cm³/mol. The Balaban J connectivity index is 0.00000169. The van der Waals surface area contributed by atoms with Crippen molar-refractivity contribution in [3.05, 3.63) is 41.0 Å². The quantitative estimate of drug-likeness (QED) is 0.717. The van der Waals surface area contributed by atoms with Crippen molar-refractivity contribution in [1.82, 2.24) is 0 Å². The molecule has 1 rings (SSSR count). The van der Waals surface area contributed by atoms with E-state index in [4.69, 9.17) is 9.05 Å². The van der Waals surface area contributed by atoms with E-state index in [1.54, 1.807) is 14.2 Å². The van der Waals surface area contributed by atoms with E-state index in [1.165, 1.54) is 0 Å². The summed E-state index contributed by atoms with van der Waals surface area (Å²) in [5, 5.41) is 3.94. The molecule has 1 aromatic carbocycles. The SMILES string of the molecule is C[N-]P(OC)OCc1ccccc1.[Rb+]. The molecule has 0 fully saturated rings. The Bertz CT molecular complexity index is 232. The summed E-state index contributed by atoms with van der Waals surface area (Å²) in [4.78, 5) is 0. The van der Waals surface area contributed by atoms with Crippen LogP contribution < -0.4 is 58.2 Å². The van der Waals surface area contributed by atoms with Crippen LogP contribution in [0.2, 0.25) is 0 Å². The minimum absolute atomic E-state index is 0. The Kier molecular flexibility index (Phi) is 10.5. The average molecular weight is 284 g/mol. The van der Waals surface area contributed by atoms with Crippen LogP contribution in [0, 0.1) is 0 Å². The molecule has 0 aliphatic carbocycles. The Labute approximate surface area is 135 Å². The zero-order valence-electron chi connectivity index (χ0n) is 8.80. The predicted octanol–water partition coefficient (Wildman–Crippen LogP) is 0.0840. The Morgan fingerprint density at radius 2 is 1.93 bits per heavy atom. The molecule has 0 spiro atoms. The standard InChI is InChI=1S/C9H13NO2P.Rb/c1-10-13(11-2)12-8-9-6-4-3-5-7-9;/h3-7H,8H2,1-2H3;/q-1;+1. The summed E-state index contributed by atoms with van der Waals surface area (Å²) in [7, 11) is 2.24. The van der Waals surface area contributed by atoms with Crippen LogP contribution in [0.25, 0.3) is 5.09 Å². The maximum absolute atomic E-state index is 5.40. The molecule has 3 nitrogen and oxygen atoms in total. The van der Waals surface area contributed by atoms with E-state index in [-0.39, 0.29) is 58.2 Å². The number of hydrogen-bond acceptors (Lipinski definition) is 2. The van der Waals surface area contributed by atoms with E-state index in [9.17, 15) is 0 Å². The van der Waals surface area contributed by atoms with Crippen molar-refractivity contribution in [2.24, 2.45) is 0 Å². The summed E-state index contributed by atoms with van der Waals surface area (Å²) in [6.45, 7) is 0.553. The summed E-state index contributed by atoms with van der Waals surface area (Å²) in [6.07, 6.45) is 0. The molecule has 0 N–H and O–H groups in total. The van der Waals surface area contributed by atoms with Crippen LogP contribution in [-0.4, -0.2) is 14.2 Å². The fourth-order valence-electron chi connectivity index (χ4n) is 0.896. The van der Waals surface area contributed by atoms with Crippen molar-refractivity contribution in [2.45, 2.75) is 6.61 Å². The molecule has 1 unspecified atom stereocenters. The van der Waals surface area contributed by atoms with Gasteiger partial charge >= 0.3 is 58.2 Å². The molecule has 0 aliphatic heterocycles. The molecule has 0 radical (unpaired) electrons. The Morgan fingerprint density at radius 3 is 2.43 bits per heavy atom. The zero-order valence-corrected chi connectivity index (χ0v) is 14.6. The molecule has 0 aromatic heterocycles. The number of hydrogen-bond donors (Lipinski definition) is 0. The van der Waals surface area contributed by atoms with Crippen LogP contribution in [0.4, 0.5) is 0 Å². The smallest absolute Gasteiger partial charge is 0.591 e. The van der Waals surface area contributed by atoms with Gasteiger partial charge < -0.3 is 14.1 Å². The first-order valence-corrected chi connectivity index (χ1v) is 5.10. The summed E-state index contributed by atoms with van der Waals surface area (Å²) in [6, 6.07) is 9.97. The molecule has 1 atom stereocenters. The minimum atomic E-state index is -1.05. The third-order valence-electron chi connectivity index (χ3n) is 1.50. The van der Waals surface area contributed by atoms with Gasteiger partial charge in [0.15, 0.2) is 0 Å². The molecule has 0 aliphatic rings. The van der Waals surface area contributed by atoms with Gasteiger partial charge in [-0.1, -0.05) is 30.3 Å². The molecule has 0 bridgehead atoms. The van der Waals surface area contributed by atoms with Gasteiger partial charge in [-0.3, -0.25) is 0 Å². The topological polar surface area (TPSA) is 32.6 Å². The van der Waals surface area contributed by atoms with Gasteiger partial charge in [0.05, 0.1) is 15.1 Å². The van der Waals surface area contributed by atoms with Gasteiger partial charge in [0, 0.05) is 7.11 Å². The first kappa shape index (κ1) is 15.3. The van der Waals surface area contributed by atoms with Crippen LogP contribution >= 0.6 is 8.53 Å². The normalized spacial score (nSPS) is 11.9. The van der Waals surface area contributed by atoms with Gasteiger partial charge in [0.1, 0.15) is 0 Å². The average Bonchev–Trinajstić information content (AvgIpc) is 2.21. The van der Waals surface area contributed by atoms with Crippen molar-refractivity contribution < 1.29 is 67.2 Å². The van der Waals surface area contributed by atoms with Gasteiger partial charge in [-0.25, -0.2) is 0 Å². The second kappa shape index (κ2) is 9.55. The molecule has 0 saturated heterocycles. The van der Waals surface area contributed by atoms with E-state index < -0.39 is 8.53 Å². The number of benzene rings is 1. The summed E-state index contributed by atoms with van der Waals surface area (Å²) in [5.74, 6) is 0. The molecule has 5 heteroatoms. The molecule has 0 saturated carbocycles. The van der Waals surface area contributed by atoms with Crippen molar-refractivity contribution in [2.75, 3.05) is 14.2 Å². The van der Waals surface area contributed by atoms with Crippen LogP contribution in [0.5, 0.6) is 0 Å². The molecule has 72 valence electrons. The van der Waals surface area contributed by atoms with Crippen LogP contribution in [-0.2, 0) is 15.7 Å². The van der Waals surface area contributed by atoms with Gasteiger partial charge in [-0.2, -0.15) is 7.05 Å². The van der Waals surface area contributed by atoms with Crippen molar-refractivity contribution in [1.29, 1.82) is 0 Å². The van der Waals surface area contributed by atoms with Gasteiger partial charge in [0.25, 0.3) is 0 Å². The third kappa shape index (κ3) is 6.04. The van der Waals surface area contributed by atoms with E-state index in [1.807, 2.05) is 30.3 Å². The third-order valence-corrected chi connectivity index (χ3v) is 2.49. The van der Waals surface area contributed by atoms with E-state index in [0.29, 0.717) is 6.61 Å². The van der Waals surface area contributed by atoms with Crippen molar-refractivity contribution in [3.8, 4) is 0 Å². The summed E-state index contributed by atoms with van der Waals surface area (Å²) in [5.41, 5.74) is 1.13. The van der Waals surface area contributed by atoms with E-state index in [0.717, 1.165) is 5.56 Å². The first-order chi connectivity index (χ1) is 6.36. The van der Waals surface area contributed by atoms with Gasteiger partial charge in [-0.05, 0) is 5.56 Å². The Hall–Kier alpha value is 1.34. The molecule has 1 aromatic rings. The maximum Gasteiger partial charge on any atom is 1.00 e. The van der Waals surface area contributed by atoms with Crippen LogP contribution in [0.15, 0.2) is 30.3 Å². The fourth-order valence-corrected chi connectivity index (χ4v) is 1.54. The van der Waals surface area contributed by atoms with Gasteiger partial charge in [-0.15, -0.1) is 0 Å². The largest absolute Gasteiger partial charge is 1.00 e. The van der Waals surface area contributed by atoms with E-state index >= 15 is 0 Å². The maximum atomic E-state index is 5.40. The van der Waals surface area contributed by atoms with Crippen molar-refractivity contribution >= 4 is 8.53 Å². The first-order valence-electron chi connectivity index (χ1n) is 3.97. The second-order valence-corrected chi connectivity index (χ2v) is 3.88. The Morgan fingerprint density at radius 1 is 1.29 bits per heavy atom. The number of nitrogens with zero attached hydrogens (tertiary/aromatic N) is 1. The second-order valence-electron chi connectivity index (χ2n) is 2.38. The summed E-state index contributed by atoms with van der Waals surface area (Å²) >= 11 is 0. The summed E-state index contributed by atoms with van der Waals surface area (Å²) < 4.78 is 10.4. The minimum Gasteiger partial charge on any atom is -0.591 e. The number of rotatable bonds is 5. The fraction of sp³-hybridized carbons (Fsp3) is 0.333. The van der Waals surface area contributed by atoms with Crippen LogP contribution in [0.3, 0.4) is 0 Å². The molecule has 14 heavy (non-hydrogen) atoms. The molecule has 0 heterocycles. The monoisotopic (exact) mass is 283 g/mol. The zero-order chi connectivity index (χ0) is 9.52. The molecule has 0 amide bonds. The van der Waals surface area contributed by atoms with Crippen molar-refractivity contribution in [3.63, 3.8) is 0 Å².